The topological polar surface area (TPSA) is 96.7 Å². The number of hydrazine groups is 1. The van der Waals surface area contributed by atoms with Crippen molar-refractivity contribution in [3.63, 3.8) is 0 Å². The number of nitriles is 1. The molecule has 2 rings (SSSR count). The molecule has 0 saturated carbocycles. The minimum Gasteiger partial charge on any atom is -0.294 e. The first kappa shape index (κ1) is 11.3. The summed E-state index contributed by atoms with van der Waals surface area (Å²) in [6.45, 7) is 0. The molecule has 0 unspecified atom stereocenters. The van der Waals surface area contributed by atoms with E-state index in [1.54, 1.807) is 6.07 Å². The van der Waals surface area contributed by atoms with Gasteiger partial charge in [0.15, 0.2) is 0 Å². The molecule has 0 atom stereocenters. The molecule has 2 heterocycles. The van der Waals surface area contributed by atoms with Crippen LogP contribution in [0.4, 0.5) is 5.95 Å². The molecular formula is C10H9N5OS. The zero-order valence-electron chi connectivity index (χ0n) is 8.97. The van der Waals surface area contributed by atoms with Crippen molar-refractivity contribution in [1.29, 1.82) is 5.26 Å². The molecule has 2 aromatic heterocycles. The number of rotatable bonds is 2. The van der Waals surface area contributed by atoms with Crippen molar-refractivity contribution < 1.29 is 0 Å². The Hall–Kier alpha value is -2.17. The van der Waals surface area contributed by atoms with Crippen molar-refractivity contribution >= 4 is 17.3 Å². The van der Waals surface area contributed by atoms with Gasteiger partial charge < -0.3 is 0 Å². The molecule has 3 N–H and O–H groups in total. The van der Waals surface area contributed by atoms with Crippen molar-refractivity contribution in [2.45, 2.75) is 0 Å². The third-order valence-corrected chi connectivity index (χ3v) is 3.16. The molecule has 0 aliphatic heterocycles. The van der Waals surface area contributed by atoms with Crippen LogP contribution >= 0.6 is 11.3 Å². The van der Waals surface area contributed by atoms with Crippen LogP contribution in [-0.4, -0.2) is 9.55 Å². The van der Waals surface area contributed by atoms with Crippen LogP contribution in [-0.2, 0) is 7.05 Å². The molecular weight excluding hydrogens is 238 g/mol. The number of nitrogens with two attached hydrogens (primary N) is 1. The van der Waals surface area contributed by atoms with Gasteiger partial charge in [0, 0.05) is 7.05 Å². The van der Waals surface area contributed by atoms with Gasteiger partial charge in [-0.25, -0.2) is 10.8 Å². The first-order chi connectivity index (χ1) is 8.19. The fourth-order valence-electron chi connectivity index (χ4n) is 1.42. The summed E-state index contributed by atoms with van der Waals surface area (Å²) in [6.07, 6.45) is 0. The Kier molecular flexibility index (Phi) is 2.91. The summed E-state index contributed by atoms with van der Waals surface area (Å²) < 4.78 is 1.20. The zero-order valence-corrected chi connectivity index (χ0v) is 9.78. The number of aromatic nitrogens is 2. The van der Waals surface area contributed by atoms with Gasteiger partial charge in [-0.15, -0.1) is 11.3 Å². The first-order valence-corrected chi connectivity index (χ1v) is 5.58. The molecule has 0 fully saturated rings. The van der Waals surface area contributed by atoms with Gasteiger partial charge in [-0.05, 0) is 11.4 Å². The Balaban J connectivity index is 2.80. The molecule has 0 saturated heterocycles. The summed E-state index contributed by atoms with van der Waals surface area (Å²) in [6, 6.07) is 5.51. The van der Waals surface area contributed by atoms with Gasteiger partial charge in [-0.3, -0.25) is 14.8 Å². The normalized spacial score (nSPS) is 9.94. The van der Waals surface area contributed by atoms with Crippen LogP contribution in [0.2, 0.25) is 0 Å². The molecule has 0 amide bonds. The Morgan fingerprint density at radius 1 is 1.65 bits per heavy atom. The fraction of sp³-hybridized carbons (Fsp3) is 0.100. The van der Waals surface area contributed by atoms with E-state index in [4.69, 9.17) is 11.1 Å². The largest absolute Gasteiger partial charge is 0.294 e. The summed E-state index contributed by atoms with van der Waals surface area (Å²) in [7, 11) is 1.50. The maximum Gasteiger partial charge on any atom is 0.273 e. The average Bonchev–Trinajstić information content (AvgIpc) is 2.86. The van der Waals surface area contributed by atoms with Gasteiger partial charge in [0.2, 0.25) is 5.95 Å². The number of nitrogens with one attached hydrogen (secondary N) is 1. The monoisotopic (exact) mass is 247 g/mol. The first-order valence-electron chi connectivity index (χ1n) is 4.70. The Morgan fingerprint density at radius 2 is 2.41 bits per heavy atom. The molecule has 0 spiro atoms. The van der Waals surface area contributed by atoms with Crippen LogP contribution in [0.3, 0.4) is 0 Å². The maximum atomic E-state index is 11.9. The fourth-order valence-corrected chi connectivity index (χ4v) is 2.14. The quantitative estimate of drug-likeness (QED) is 0.600. The van der Waals surface area contributed by atoms with E-state index in [9.17, 15) is 4.79 Å². The predicted octanol–water partition coefficient (Wildman–Crippen LogP) is 0.666. The lowest BCUT2D eigenvalue weighted by atomic mass is 10.2. The summed E-state index contributed by atoms with van der Waals surface area (Å²) in [5.74, 6) is 5.50. The van der Waals surface area contributed by atoms with E-state index >= 15 is 0 Å². The second-order valence-corrected chi connectivity index (χ2v) is 4.20. The molecule has 86 valence electrons. The Morgan fingerprint density at radius 3 is 2.94 bits per heavy atom. The highest BCUT2D eigenvalue weighted by Gasteiger charge is 2.15. The summed E-state index contributed by atoms with van der Waals surface area (Å²) >= 11 is 1.41. The minimum atomic E-state index is -0.418. The lowest BCUT2D eigenvalue weighted by molar-refractivity contribution is 0.826. The molecule has 0 aliphatic rings. The number of anilines is 1. The number of nitrogens with zero attached hydrogens (tertiary/aromatic N) is 3. The minimum absolute atomic E-state index is 0.0222. The van der Waals surface area contributed by atoms with Crippen LogP contribution in [0.15, 0.2) is 22.3 Å². The molecule has 17 heavy (non-hydrogen) atoms. The van der Waals surface area contributed by atoms with Gasteiger partial charge in [0.1, 0.15) is 17.3 Å². The summed E-state index contributed by atoms with van der Waals surface area (Å²) in [4.78, 5) is 16.8. The van der Waals surface area contributed by atoms with E-state index in [0.29, 0.717) is 5.69 Å². The third-order valence-electron chi connectivity index (χ3n) is 2.29. The van der Waals surface area contributed by atoms with Crippen molar-refractivity contribution in [1.82, 2.24) is 9.55 Å². The van der Waals surface area contributed by atoms with Gasteiger partial charge >= 0.3 is 0 Å². The number of hydrogen-bond acceptors (Lipinski definition) is 6. The van der Waals surface area contributed by atoms with Crippen molar-refractivity contribution in [3.8, 4) is 16.6 Å². The van der Waals surface area contributed by atoms with E-state index in [2.05, 4.69) is 10.4 Å². The molecule has 7 heteroatoms. The second-order valence-electron chi connectivity index (χ2n) is 3.26. The third kappa shape index (κ3) is 1.80. The van der Waals surface area contributed by atoms with Crippen molar-refractivity contribution in [3.05, 3.63) is 33.4 Å². The summed E-state index contributed by atoms with van der Waals surface area (Å²) in [5, 5.41) is 10.9. The van der Waals surface area contributed by atoms with Gasteiger partial charge in [-0.1, -0.05) is 6.07 Å². The van der Waals surface area contributed by atoms with Gasteiger partial charge in [-0.2, -0.15) is 5.26 Å². The summed E-state index contributed by atoms with van der Waals surface area (Å²) in [5.41, 5.74) is 2.30. The number of thiophene rings is 1. The maximum absolute atomic E-state index is 11.9. The van der Waals surface area contributed by atoms with Crippen LogP contribution in [0.5, 0.6) is 0 Å². The van der Waals surface area contributed by atoms with Crippen molar-refractivity contribution in [2.75, 3.05) is 5.43 Å². The lowest BCUT2D eigenvalue weighted by Crippen LogP contribution is -2.27. The standard InChI is InChI=1S/C10H9N5OS/c1-15-9(16)6(5-11)8(13-10(15)14-12)7-3-2-4-17-7/h2-4H,12H2,1H3,(H,13,14). The van der Waals surface area contributed by atoms with E-state index in [1.165, 1.54) is 23.0 Å². The highest BCUT2D eigenvalue weighted by Crippen LogP contribution is 2.25. The van der Waals surface area contributed by atoms with Gasteiger partial charge in [0.25, 0.3) is 5.56 Å². The average molecular weight is 247 g/mol. The Bertz CT molecular complexity index is 638. The lowest BCUT2D eigenvalue weighted by Gasteiger charge is -2.08. The van der Waals surface area contributed by atoms with Crippen molar-refractivity contribution in [2.24, 2.45) is 12.9 Å². The van der Waals surface area contributed by atoms with Crippen LogP contribution < -0.4 is 16.8 Å². The molecule has 0 bridgehead atoms. The second kappa shape index (κ2) is 4.37. The highest BCUT2D eigenvalue weighted by atomic mass is 32.1. The van der Waals surface area contributed by atoms with Crippen LogP contribution in [0, 0.1) is 11.3 Å². The zero-order chi connectivity index (χ0) is 12.4. The van der Waals surface area contributed by atoms with Crippen LogP contribution in [0.1, 0.15) is 5.56 Å². The number of nitrogen functional groups attached to an aromatic ring is 1. The smallest absolute Gasteiger partial charge is 0.273 e. The molecule has 2 aromatic rings. The van der Waals surface area contributed by atoms with E-state index in [-0.39, 0.29) is 11.5 Å². The molecule has 0 radical (unpaired) electrons. The van der Waals surface area contributed by atoms with Crippen LogP contribution in [0.25, 0.3) is 10.6 Å². The Labute approximate surface area is 101 Å². The number of hydrogen-bond donors (Lipinski definition) is 2. The van der Waals surface area contributed by atoms with Gasteiger partial charge in [0.05, 0.1) is 4.88 Å². The van der Waals surface area contributed by atoms with E-state index in [1.807, 2.05) is 17.5 Å². The molecule has 6 nitrogen and oxygen atoms in total. The predicted molar refractivity (Wildman–Crippen MR) is 65.3 cm³/mol. The highest BCUT2D eigenvalue weighted by molar-refractivity contribution is 7.13. The van der Waals surface area contributed by atoms with E-state index < -0.39 is 5.56 Å². The SMILES string of the molecule is Cn1c(NN)nc(-c2cccs2)c(C#N)c1=O. The van der Waals surface area contributed by atoms with E-state index in [0.717, 1.165) is 4.88 Å². The molecule has 0 aliphatic carbocycles. The molecule has 0 aromatic carbocycles.